The summed E-state index contributed by atoms with van der Waals surface area (Å²) >= 11 is 1.51. The quantitative estimate of drug-likeness (QED) is 0.943. The molecule has 2 aromatic heterocycles. The Morgan fingerprint density at radius 3 is 3.05 bits per heavy atom. The van der Waals surface area contributed by atoms with E-state index in [2.05, 4.69) is 16.5 Å². The highest BCUT2D eigenvalue weighted by molar-refractivity contribution is 7.16. The summed E-state index contributed by atoms with van der Waals surface area (Å²) in [5.41, 5.74) is 1.97. The van der Waals surface area contributed by atoms with Crippen LogP contribution in [0.1, 0.15) is 52.0 Å². The molecule has 0 fully saturated rings. The third-order valence-electron chi connectivity index (χ3n) is 3.65. The van der Waals surface area contributed by atoms with E-state index < -0.39 is 0 Å². The first-order chi connectivity index (χ1) is 10.2. The fourth-order valence-electron chi connectivity index (χ4n) is 2.53. The average molecular weight is 301 g/mol. The summed E-state index contributed by atoms with van der Waals surface area (Å²) < 4.78 is 5.04. The first-order valence-electron chi connectivity index (χ1n) is 7.04. The van der Waals surface area contributed by atoms with Gasteiger partial charge in [0, 0.05) is 17.4 Å². The topological polar surface area (TPSA) is 78.9 Å². The van der Waals surface area contributed by atoms with Crippen LogP contribution in [0.4, 0.5) is 5.00 Å². The van der Waals surface area contributed by atoms with Crippen LogP contribution in [-0.2, 0) is 19.3 Å². The zero-order chi connectivity index (χ0) is 14.8. The number of aromatic nitrogens is 1. The molecule has 0 saturated heterocycles. The Morgan fingerprint density at radius 1 is 1.52 bits per heavy atom. The van der Waals surface area contributed by atoms with E-state index in [1.165, 1.54) is 16.2 Å². The van der Waals surface area contributed by atoms with Crippen molar-refractivity contribution in [1.29, 1.82) is 5.26 Å². The molecule has 0 saturated carbocycles. The van der Waals surface area contributed by atoms with E-state index in [9.17, 15) is 10.1 Å². The van der Waals surface area contributed by atoms with Crippen molar-refractivity contribution in [2.75, 3.05) is 5.32 Å². The SMILES string of the molecule is CCc1cc(C(=O)Nc2sc3c(c2C#N)CCCC3)no1. The Balaban J connectivity index is 1.86. The molecule has 21 heavy (non-hydrogen) atoms. The minimum Gasteiger partial charge on any atom is -0.361 e. The van der Waals surface area contributed by atoms with Crippen LogP contribution < -0.4 is 5.32 Å². The van der Waals surface area contributed by atoms with Gasteiger partial charge in [-0.3, -0.25) is 4.79 Å². The van der Waals surface area contributed by atoms with E-state index in [-0.39, 0.29) is 11.6 Å². The van der Waals surface area contributed by atoms with Gasteiger partial charge in [-0.25, -0.2) is 0 Å². The van der Waals surface area contributed by atoms with Gasteiger partial charge in [0.25, 0.3) is 5.91 Å². The molecule has 3 rings (SSSR count). The van der Waals surface area contributed by atoms with Gasteiger partial charge in [-0.05, 0) is 31.2 Å². The predicted octanol–water partition coefficient (Wildman–Crippen LogP) is 3.30. The molecular weight excluding hydrogens is 286 g/mol. The predicted molar refractivity (Wildman–Crippen MR) is 79.5 cm³/mol. The molecule has 0 atom stereocenters. The van der Waals surface area contributed by atoms with Crippen molar-refractivity contribution < 1.29 is 9.32 Å². The van der Waals surface area contributed by atoms with Gasteiger partial charge in [0.2, 0.25) is 0 Å². The number of thiophene rings is 1. The number of rotatable bonds is 3. The van der Waals surface area contributed by atoms with Crippen LogP contribution in [0.25, 0.3) is 0 Å². The summed E-state index contributed by atoms with van der Waals surface area (Å²) in [6.07, 6.45) is 4.86. The number of hydrogen-bond acceptors (Lipinski definition) is 5. The van der Waals surface area contributed by atoms with Crippen molar-refractivity contribution in [3.8, 4) is 6.07 Å². The van der Waals surface area contributed by atoms with Crippen molar-refractivity contribution in [1.82, 2.24) is 5.16 Å². The van der Waals surface area contributed by atoms with Gasteiger partial charge in [0.1, 0.15) is 16.8 Å². The molecule has 5 nitrogen and oxygen atoms in total. The number of carbonyl (C=O) groups is 1. The third kappa shape index (κ3) is 2.57. The molecule has 1 aliphatic rings. The summed E-state index contributed by atoms with van der Waals surface area (Å²) in [6, 6.07) is 3.86. The highest BCUT2D eigenvalue weighted by Gasteiger charge is 2.22. The normalized spacial score (nSPS) is 13.5. The number of aryl methyl sites for hydroxylation is 2. The van der Waals surface area contributed by atoms with Gasteiger partial charge >= 0.3 is 0 Å². The molecule has 2 aromatic rings. The van der Waals surface area contributed by atoms with Crippen LogP contribution in [0.5, 0.6) is 0 Å². The maximum atomic E-state index is 12.2. The molecule has 0 aromatic carbocycles. The van der Waals surface area contributed by atoms with Gasteiger partial charge in [0.15, 0.2) is 5.69 Å². The molecular formula is C15H15N3O2S. The Labute approximate surface area is 126 Å². The van der Waals surface area contributed by atoms with Gasteiger partial charge in [-0.15, -0.1) is 11.3 Å². The maximum absolute atomic E-state index is 12.2. The average Bonchev–Trinajstić information content (AvgIpc) is 3.11. The first-order valence-corrected chi connectivity index (χ1v) is 7.86. The second-order valence-corrected chi connectivity index (χ2v) is 6.12. The standard InChI is InChI=1S/C15H15N3O2S/c1-2-9-7-12(18-20-9)14(19)17-15-11(8-16)10-5-3-4-6-13(10)21-15/h7H,2-6H2,1H3,(H,17,19). The molecule has 1 N–H and O–H groups in total. The molecule has 1 aliphatic carbocycles. The lowest BCUT2D eigenvalue weighted by Gasteiger charge is -2.09. The van der Waals surface area contributed by atoms with E-state index >= 15 is 0 Å². The number of nitriles is 1. The second-order valence-electron chi connectivity index (χ2n) is 5.01. The van der Waals surface area contributed by atoms with Gasteiger partial charge in [-0.2, -0.15) is 5.26 Å². The number of hydrogen-bond donors (Lipinski definition) is 1. The smallest absolute Gasteiger partial charge is 0.278 e. The Hall–Kier alpha value is -2.13. The molecule has 0 radical (unpaired) electrons. The fourth-order valence-corrected chi connectivity index (χ4v) is 3.76. The van der Waals surface area contributed by atoms with E-state index in [1.807, 2.05) is 6.92 Å². The Bertz CT molecular complexity index is 724. The number of anilines is 1. The number of nitrogens with one attached hydrogen (secondary N) is 1. The van der Waals surface area contributed by atoms with Crippen LogP contribution in [0.2, 0.25) is 0 Å². The minimum absolute atomic E-state index is 0.252. The summed E-state index contributed by atoms with van der Waals surface area (Å²) in [5, 5.41) is 16.6. The first kappa shape index (κ1) is 13.8. The molecule has 1 amide bonds. The summed E-state index contributed by atoms with van der Waals surface area (Å²) in [7, 11) is 0. The van der Waals surface area contributed by atoms with Crippen LogP contribution in [0.15, 0.2) is 10.6 Å². The highest BCUT2D eigenvalue weighted by atomic mass is 32.1. The van der Waals surface area contributed by atoms with E-state index in [0.29, 0.717) is 22.7 Å². The van der Waals surface area contributed by atoms with Crippen molar-refractivity contribution in [2.45, 2.75) is 39.0 Å². The lowest BCUT2D eigenvalue weighted by Crippen LogP contribution is -2.12. The highest BCUT2D eigenvalue weighted by Crippen LogP contribution is 2.37. The Morgan fingerprint density at radius 2 is 2.33 bits per heavy atom. The number of nitrogens with zero attached hydrogens (tertiary/aromatic N) is 2. The summed E-state index contributed by atoms with van der Waals surface area (Å²) in [6.45, 7) is 1.93. The number of fused-ring (bicyclic) bond motifs is 1. The Kier molecular flexibility index (Phi) is 3.76. The van der Waals surface area contributed by atoms with Crippen LogP contribution in [0, 0.1) is 11.3 Å². The fraction of sp³-hybridized carbons (Fsp3) is 0.400. The monoisotopic (exact) mass is 301 g/mol. The van der Waals surface area contributed by atoms with Gasteiger partial charge < -0.3 is 9.84 Å². The maximum Gasteiger partial charge on any atom is 0.278 e. The van der Waals surface area contributed by atoms with Gasteiger partial charge in [-0.1, -0.05) is 12.1 Å². The zero-order valence-corrected chi connectivity index (χ0v) is 12.5. The molecule has 0 unspecified atom stereocenters. The van der Waals surface area contributed by atoms with E-state index in [1.54, 1.807) is 6.07 Å². The summed E-state index contributed by atoms with van der Waals surface area (Å²) in [4.78, 5) is 13.4. The molecule has 0 spiro atoms. The third-order valence-corrected chi connectivity index (χ3v) is 4.86. The van der Waals surface area contributed by atoms with Crippen LogP contribution >= 0.6 is 11.3 Å². The van der Waals surface area contributed by atoms with Crippen LogP contribution in [0.3, 0.4) is 0 Å². The number of carbonyl (C=O) groups excluding carboxylic acids is 1. The van der Waals surface area contributed by atoms with Gasteiger partial charge in [0.05, 0.1) is 5.56 Å². The molecule has 108 valence electrons. The molecule has 6 heteroatoms. The number of amides is 1. The molecule has 0 aliphatic heterocycles. The largest absolute Gasteiger partial charge is 0.361 e. The molecule has 0 bridgehead atoms. The van der Waals surface area contributed by atoms with Crippen molar-refractivity contribution in [3.05, 3.63) is 33.5 Å². The van der Waals surface area contributed by atoms with Crippen molar-refractivity contribution in [3.63, 3.8) is 0 Å². The molecule has 2 heterocycles. The van der Waals surface area contributed by atoms with E-state index in [0.717, 1.165) is 31.2 Å². The van der Waals surface area contributed by atoms with E-state index in [4.69, 9.17) is 4.52 Å². The zero-order valence-electron chi connectivity index (χ0n) is 11.7. The lowest BCUT2D eigenvalue weighted by atomic mass is 9.96. The lowest BCUT2D eigenvalue weighted by molar-refractivity contribution is 0.101. The second kappa shape index (κ2) is 5.70. The van der Waals surface area contributed by atoms with Crippen LogP contribution in [-0.4, -0.2) is 11.1 Å². The van der Waals surface area contributed by atoms with Crippen molar-refractivity contribution >= 4 is 22.2 Å². The minimum atomic E-state index is -0.325. The van der Waals surface area contributed by atoms with Crippen molar-refractivity contribution in [2.24, 2.45) is 0 Å². The summed E-state index contributed by atoms with van der Waals surface area (Å²) in [5.74, 6) is 0.347.